The number of amides is 1. The molecule has 1 aliphatic rings. The molecule has 1 N–H and O–H groups in total. The summed E-state index contributed by atoms with van der Waals surface area (Å²) in [7, 11) is 0. The first kappa shape index (κ1) is 11.0. The van der Waals surface area contributed by atoms with Gasteiger partial charge in [0, 0.05) is 13.0 Å². The van der Waals surface area contributed by atoms with Gasteiger partial charge in [0.15, 0.2) is 0 Å². The Hall–Kier alpha value is -1.06. The zero-order valence-electron chi connectivity index (χ0n) is 8.69. The van der Waals surface area contributed by atoms with E-state index >= 15 is 0 Å². The van der Waals surface area contributed by atoms with Gasteiger partial charge in [-0.3, -0.25) is 4.79 Å². The Balaban J connectivity index is 2.68. The molecule has 1 amide bonds. The molecule has 1 rings (SSSR count). The van der Waals surface area contributed by atoms with Crippen molar-refractivity contribution in [2.45, 2.75) is 39.2 Å². The van der Waals surface area contributed by atoms with E-state index in [9.17, 15) is 9.59 Å². The number of rotatable bonds is 4. The smallest absolute Gasteiger partial charge is 0.326 e. The van der Waals surface area contributed by atoms with Crippen LogP contribution in [-0.4, -0.2) is 34.5 Å². The average molecular weight is 199 g/mol. The minimum Gasteiger partial charge on any atom is -0.480 e. The molecule has 0 bridgehead atoms. The summed E-state index contributed by atoms with van der Waals surface area (Å²) in [6, 6.07) is -0.626. The van der Waals surface area contributed by atoms with Crippen LogP contribution in [0.5, 0.6) is 0 Å². The topological polar surface area (TPSA) is 57.6 Å². The summed E-state index contributed by atoms with van der Waals surface area (Å²) in [4.78, 5) is 23.9. The quantitative estimate of drug-likeness (QED) is 0.737. The van der Waals surface area contributed by atoms with E-state index < -0.39 is 12.0 Å². The highest BCUT2D eigenvalue weighted by Crippen LogP contribution is 2.23. The van der Waals surface area contributed by atoms with E-state index in [1.165, 1.54) is 4.90 Å². The van der Waals surface area contributed by atoms with Gasteiger partial charge in [-0.2, -0.15) is 0 Å². The second kappa shape index (κ2) is 4.44. The average Bonchev–Trinajstić information content (AvgIpc) is 2.48. The van der Waals surface area contributed by atoms with Gasteiger partial charge in [0.25, 0.3) is 0 Å². The first-order chi connectivity index (χ1) is 6.60. The van der Waals surface area contributed by atoms with E-state index in [0.717, 1.165) is 6.42 Å². The van der Waals surface area contributed by atoms with Gasteiger partial charge in [-0.05, 0) is 12.3 Å². The Morgan fingerprint density at radius 2 is 2.29 bits per heavy atom. The Labute approximate surface area is 83.9 Å². The van der Waals surface area contributed by atoms with Gasteiger partial charge in [0.2, 0.25) is 5.91 Å². The number of hydrogen-bond donors (Lipinski definition) is 1. The lowest BCUT2D eigenvalue weighted by molar-refractivity contribution is -0.148. The molecule has 0 aliphatic carbocycles. The highest BCUT2D eigenvalue weighted by atomic mass is 16.4. The highest BCUT2D eigenvalue weighted by Gasteiger charge is 2.35. The van der Waals surface area contributed by atoms with Crippen molar-refractivity contribution in [3.63, 3.8) is 0 Å². The third-order valence-corrected chi connectivity index (χ3v) is 2.86. The third kappa shape index (κ3) is 2.05. The van der Waals surface area contributed by atoms with Crippen LogP contribution < -0.4 is 0 Å². The summed E-state index contributed by atoms with van der Waals surface area (Å²) in [6.07, 6.45) is 1.94. The maximum Gasteiger partial charge on any atom is 0.326 e. The Bertz CT molecular complexity index is 240. The molecule has 2 atom stereocenters. The minimum absolute atomic E-state index is 0.00824. The van der Waals surface area contributed by atoms with E-state index in [2.05, 4.69) is 0 Å². The van der Waals surface area contributed by atoms with Gasteiger partial charge in [0.1, 0.15) is 6.04 Å². The van der Waals surface area contributed by atoms with Gasteiger partial charge in [-0.25, -0.2) is 4.79 Å². The predicted octanol–water partition coefficient (Wildman–Crippen LogP) is 1.11. The van der Waals surface area contributed by atoms with Crippen LogP contribution in [0.15, 0.2) is 0 Å². The van der Waals surface area contributed by atoms with Crippen LogP contribution in [0.2, 0.25) is 0 Å². The summed E-state index contributed by atoms with van der Waals surface area (Å²) in [5.74, 6) is -0.556. The van der Waals surface area contributed by atoms with E-state index in [4.69, 9.17) is 5.11 Å². The third-order valence-electron chi connectivity index (χ3n) is 2.86. The first-order valence-corrected chi connectivity index (χ1v) is 5.12. The molecule has 0 aromatic heterocycles. The molecule has 1 saturated heterocycles. The number of carbonyl (C=O) groups excluding carboxylic acids is 1. The molecule has 14 heavy (non-hydrogen) atoms. The molecule has 0 aromatic rings. The summed E-state index contributed by atoms with van der Waals surface area (Å²) < 4.78 is 0. The van der Waals surface area contributed by atoms with Crippen LogP contribution in [0.1, 0.15) is 33.1 Å². The van der Waals surface area contributed by atoms with Crippen molar-refractivity contribution in [3.8, 4) is 0 Å². The fourth-order valence-electron chi connectivity index (χ4n) is 1.91. The molecule has 0 spiro atoms. The number of nitrogens with zero attached hydrogens (tertiary/aromatic N) is 1. The van der Waals surface area contributed by atoms with Crippen LogP contribution in [0, 0.1) is 5.92 Å². The van der Waals surface area contributed by atoms with Crippen molar-refractivity contribution in [2.75, 3.05) is 6.54 Å². The SMILES string of the molecule is CCC1CC(=O)N([C@@H](CC)C(=O)O)C1. The number of likely N-dealkylation sites (tertiary alicyclic amines) is 1. The number of aliphatic carboxylic acids is 1. The molecule has 1 unspecified atom stereocenters. The van der Waals surface area contributed by atoms with Gasteiger partial charge in [-0.1, -0.05) is 20.3 Å². The standard InChI is InChI=1S/C10H17NO3/c1-3-7-5-9(12)11(6-7)8(4-2)10(13)14/h7-8H,3-6H2,1-2H3,(H,13,14)/t7?,8-/m0/s1. The number of hydrogen-bond acceptors (Lipinski definition) is 2. The fourth-order valence-corrected chi connectivity index (χ4v) is 1.91. The van der Waals surface area contributed by atoms with Crippen molar-refractivity contribution >= 4 is 11.9 Å². The van der Waals surface area contributed by atoms with E-state index in [1.807, 2.05) is 6.92 Å². The lowest BCUT2D eigenvalue weighted by atomic mass is 10.1. The summed E-state index contributed by atoms with van der Waals surface area (Å²) >= 11 is 0. The number of carbonyl (C=O) groups is 2. The lowest BCUT2D eigenvalue weighted by Crippen LogP contribution is -2.41. The number of carboxylic acid groups (broad SMARTS) is 1. The molecule has 1 aliphatic heterocycles. The summed E-state index contributed by atoms with van der Waals surface area (Å²) in [5, 5.41) is 8.92. The largest absolute Gasteiger partial charge is 0.480 e. The highest BCUT2D eigenvalue weighted by molar-refractivity contribution is 5.85. The van der Waals surface area contributed by atoms with Crippen molar-refractivity contribution in [3.05, 3.63) is 0 Å². The van der Waals surface area contributed by atoms with Crippen LogP contribution in [0.4, 0.5) is 0 Å². The van der Waals surface area contributed by atoms with Crippen LogP contribution in [0.25, 0.3) is 0 Å². The van der Waals surface area contributed by atoms with Crippen molar-refractivity contribution < 1.29 is 14.7 Å². The molecule has 0 saturated carbocycles. The van der Waals surface area contributed by atoms with E-state index in [-0.39, 0.29) is 5.91 Å². The first-order valence-electron chi connectivity index (χ1n) is 5.12. The minimum atomic E-state index is -0.891. The van der Waals surface area contributed by atoms with Gasteiger partial charge in [-0.15, -0.1) is 0 Å². The summed E-state index contributed by atoms with van der Waals surface area (Å²) in [6.45, 7) is 4.44. The second-order valence-corrected chi connectivity index (χ2v) is 3.79. The maximum absolute atomic E-state index is 11.5. The molecular formula is C10H17NO3. The second-order valence-electron chi connectivity index (χ2n) is 3.79. The van der Waals surface area contributed by atoms with Crippen molar-refractivity contribution in [1.82, 2.24) is 4.90 Å². The molecule has 0 radical (unpaired) electrons. The number of carboxylic acids is 1. The Morgan fingerprint density at radius 1 is 1.64 bits per heavy atom. The molecule has 1 heterocycles. The van der Waals surface area contributed by atoms with E-state index in [1.54, 1.807) is 6.92 Å². The monoisotopic (exact) mass is 199 g/mol. The predicted molar refractivity (Wildman–Crippen MR) is 51.8 cm³/mol. The molecule has 1 fully saturated rings. The fraction of sp³-hybridized carbons (Fsp3) is 0.800. The van der Waals surface area contributed by atoms with E-state index in [0.29, 0.717) is 25.3 Å². The molecular weight excluding hydrogens is 182 g/mol. The van der Waals surface area contributed by atoms with Gasteiger partial charge >= 0.3 is 5.97 Å². The molecule has 0 aromatic carbocycles. The van der Waals surface area contributed by atoms with Crippen molar-refractivity contribution in [1.29, 1.82) is 0 Å². The van der Waals surface area contributed by atoms with Gasteiger partial charge < -0.3 is 10.0 Å². The zero-order valence-corrected chi connectivity index (χ0v) is 8.69. The van der Waals surface area contributed by atoms with Crippen LogP contribution >= 0.6 is 0 Å². The molecule has 4 nitrogen and oxygen atoms in total. The Kier molecular flexibility index (Phi) is 3.49. The lowest BCUT2D eigenvalue weighted by Gasteiger charge is -2.23. The molecule has 4 heteroatoms. The maximum atomic E-state index is 11.5. The Morgan fingerprint density at radius 3 is 2.64 bits per heavy atom. The van der Waals surface area contributed by atoms with Gasteiger partial charge in [0.05, 0.1) is 0 Å². The summed E-state index contributed by atoms with van der Waals surface area (Å²) in [5.41, 5.74) is 0. The normalized spacial score (nSPS) is 24.0. The van der Waals surface area contributed by atoms with Crippen LogP contribution in [-0.2, 0) is 9.59 Å². The van der Waals surface area contributed by atoms with Crippen molar-refractivity contribution in [2.24, 2.45) is 5.92 Å². The zero-order chi connectivity index (χ0) is 10.7. The van der Waals surface area contributed by atoms with Crippen LogP contribution in [0.3, 0.4) is 0 Å². The molecule has 80 valence electrons.